The fraction of sp³-hybridized carbons (Fsp3) is 0.467. The monoisotopic (exact) mass is 258 g/mol. The summed E-state index contributed by atoms with van der Waals surface area (Å²) in [5, 5.41) is 3.40. The van der Waals surface area contributed by atoms with Gasteiger partial charge in [-0.1, -0.05) is 26.0 Å². The number of fused-ring (bicyclic) bond motifs is 1. The lowest BCUT2D eigenvalue weighted by molar-refractivity contribution is 0.365. The highest BCUT2D eigenvalue weighted by atomic mass is 15.0. The van der Waals surface area contributed by atoms with Gasteiger partial charge in [-0.15, -0.1) is 0 Å². The molecule has 0 radical (unpaired) electrons. The zero-order valence-corrected chi connectivity index (χ0v) is 11.9. The number of hydrogen-bond donors (Lipinski definition) is 2. The molecule has 4 heteroatoms. The zero-order chi connectivity index (χ0) is 13.9. The molecule has 102 valence electrons. The van der Waals surface area contributed by atoms with E-state index in [4.69, 9.17) is 5.73 Å². The summed E-state index contributed by atoms with van der Waals surface area (Å²) in [5.74, 6) is 0.865. The molecular weight excluding hydrogens is 236 g/mol. The molecule has 0 aliphatic heterocycles. The molecule has 0 saturated carbocycles. The fourth-order valence-corrected chi connectivity index (χ4v) is 2.06. The van der Waals surface area contributed by atoms with Crippen molar-refractivity contribution >= 4 is 16.9 Å². The zero-order valence-electron chi connectivity index (χ0n) is 11.9. The van der Waals surface area contributed by atoms with Crippen LogP contribution in [0.2, 0.25) is 0 Å². The van der Waals surface area contributed by atoms with E-state index in [1.165, 1.54) is 0 Å². The summed E-state index contributed by atoms with van der Waals surface area (Å²) < 4.78 is 0. The van der Waals surface area contributed by atoms with Crippen LogP contribution >= 0.6 is 0 Å². The second-order valence-electron chi connectivity index (χ2n) is 5.70. The van der Waals surface area contributed by atoms with E-state index in [0.717, 1.165) is 35.5 Å². The van der Waals surface area contributed by atoms with Crippen molar-refractivity contribution in [3.63, 3.8) is 0 Å². The highest BCUT2D eigenvalue weighted by Gasteiger charge is 2.17. The largest absolute Gasteiger partial charge is 0.368 e. The Morgan fingerprint density at radius 2 is 1.79 bits per heavy atom. The molecule has 0 amide bonds. The maximum atomic E-state index is 5.63. The smallest absolute Gasteiger partial charge is 0.148 e. The summed E-state index contributed by atoms with van der Waals surface area (Å²) in [6.07, 6.45) is 0.986. The molecule has 0 bridgehead atoms. The molecule has 0 aliphatic carbocycles. The summed E-state index contributed by atoms with van der Waals surface area (Å²) in [6, 6.07) is 7.93. The van der Waals surface area contributed by atoms with Crippen molar-refractivity contribution in [1.82, 2.24) is 9.97 Å². The van der Waals surface area contributed by atoms with Crippen LogP contribution in [0.25, 0.3) is 11.0 Å². The Bertz CT molecular complexity index is 563. The second-order valence-corrected chi connectivity index (χ2v) is 5.70. The molecule has 4 nitrogen and oxygen atoms in total. The molecule has 0 aliphatic rings. The minimum atomic E-state index is 0.161. The molecule has 2 aromatic rings. The van der Waals surface area contributed by atoms with E-state index in [1.54, 1.807) is 0 Å². The van der Waals surface area contributed by atoms with Crippen LogP contribution in [0.1, 0.15) is 26.0 Å². The normalized spacial score (nSPS) is 11.8. The first kappa shape index (κ1) is 13.7. The molecule has 1 aromatic carbocycles. The Hall–Kier alpha value is -1.68. The lowest BCUT2D eigenvalue weighted by Gasteiger charge is -2.24. The molecule has 0 fully saturated rings. The Kier molecular flexibility index (Phi) is 4.00. The van der Waals surface area contributed by atoms with Crippen molar-refractivity contribution in [2.45, 2.75) is 27.2 Å². The maximum Gasteiger partial charge on any atom is 0.148 e. The Labute approximate surface area is 114 Å². The van der Waals surface area contributed by atoms with Gasteiger partial charge in [-0.25, -0.2) is 9.97 Å². The number of benzene rings is 1. The predicted octanol–water partition coefficient (Wildman–Crippen LogP) is 2.73. The Morgan fingerprint density at radius 3 is 2.42 bits per heavy atom. The predicted molar refractivity (Wildman–Crippen MR) is 80.2 cm³/mol. The third-order valence-corrected chi connectivity index (χ3v) is 3.30. The van der Waals surface area contributed by atoms with Gasteiger partial charge in [0.25, 0.3) is 0 Å². The molecule has 19 heavy (non-hydrogen) atoms. The molecule has 0 unspecified atom stereocenters. The van der Waals surface area contributed by atoms with E-state index in [2.05, 4.69) is 29.1 Å². The Balaban J connectivity index is 2.18. The summed E-state index contributed by atoms with van der Waals surface area (Å²) in [6.45, 7) is 7.94. The van der Waals surface area contributed by atoms with Crippen LogP contribution in [0, 0.1) is 12.3 Å². The van der Waals surface area contributed by atoms with Gasteiger partial charge in [0.05, 0.1) is 16.7 Å². The van der Waals surface area contributed by atoms with Crippen molar-refractivity contribution < 1.29 is 0 Å². The van der Waals surface area contributed by atoms with E-state index < -0.39 is 0 Å². The van der Waals surface area contributed by atoms with E-state index in [9.17, 15) is 0 Å². The molecule has 0 spiro atoms. The molecule has 0 saturated heterocycles. The van der Waals surface area contributed by atoms with Crippen molar-refractivity contribution in [3.05, 3.63) is 30.0 Å². The van der Waals surface area contributed by atoms with Gasteiger partial charge in [-0.2, -0.15) is 0 Å². The van der Waals surface area contributed by atoms with E-state index in [1.807, 2.05) is 31.2 Å². The molecule has 2 rings (SSSR count). The molecule has 0 atom stereocenters. The Morgan fingerprint density at radius 1 is 1.16 bits per heavy atom. The van der Waals surface area contributed by atoms with Gasteiger partial charge in [-0.05, 0) is 37.4 Å². The van der Waals surface area contributed by atoms with Gasteiger partial charge < -0.3 is 11.1 Å². The van der Waals surface area contributed by atoms with Gasteiger partial charge in [0.2, 0.25) is 0 Å². The first-order valence-corrected chi connectivity index (χ1v) is 6.69. The molecule has 1 aromatic heterocycles. The number of nitrogens with one attached hydrogen (secondary N) is 1. The minimum Gasteiger partial charge on any atom is -0.368 e. The topological polar surface area (TPSA) is 63.8 Å². The third kappa shape index (κ3) is 3.41. The van der Waals surface area contributed by atoms with Crippen LogP contribution in [0.5, 0.6) is 0 Å². The summed E-state index contributed by atoms with van der Waals surface area (Å²) in [5.41, 5.74) is 8.59. The van der Waals surface area contributed by atoms with Crippen molar-refractivity contribution in [2.24, 2.45) is 11.1 Å². The molecular formula is C15H22N4. The average molecular weight is 258 g/mol. The first-order chi connectivity index (χ1) is 9.02. The minimum absolute atomic E-state index is 0.161. The van der Waals surface area contributed by atoms with Gasteiger partial charge in [0.15, 0.2) is 0 Å². The third-order valence-electron chi connectivity index (χ3n) is 3.30. The standard InChI is InChI=1S/C15H22N4/c1-11-14(17-10-15(2,3)8-9-16)19-13-7-5-4-6-12(13)18-11/h4-7H,8-10,16H2,1-3H3,(H,17,19). The quantitative estimate of drug-likeness (QED) is 0.865. The van der Waals surface area contributed by atoms with E-state index in [-0.39, 0.29) is 5.41 Å². The second kappa shape index (κ2) is 5.53. The number of aromatic nitrogens is 2. The SMILES string of the molecule is Cc1nc2ccccc2nc1NCC(C)(C)CCN. The van der Waals surface area contributed by atoms with Gasteiger partial charge in [0, 0.05) is 6.54 Å². The number of nitrogens with two attached hydrogens (primary N) is 1. The highest BCUT2D eigenvalue weighted by Crippen LogP contribution is 2.22. The van der Waals surface area contributed by atoms with Crippen LogP contribution in [0.3, 0.4) is 0 Å². The number of para-hydroxylation sites is 2. The van der Waals surface area contributed by atoms with Crippen LogP contribution in [0.4, 0.5) is 5.82 Å². The lowest BCUT2D eigenvalue weighted by Crippen LogP contribution is -2.26. The maximum absolute atomic E-state index is 5.63. The number of hydrogen-bond acceptors (Lipinski definition) is 4. The van der Waals surface area contributed by atoms with Crippen molar-refractivity contribution in [1.29, 1.82) is 0 Å². The number of aryl methyl sites for hydroxylation is 1. The number of nitrogens with zero attached hydrogens (tertiary/aromatic N) is 2. The van der Waals surface area contributed by atoms with Crippen LogP contribution in [-0.2, 0) is 0 Å². The summed E-state index contributed by atoms with van der Waals surface area (Å²) in [4.78, 5) is 9.21. The first-order valence-electron chi connectivity index (χ1n) is 6.69. The number of anilines is 1. The highest BCUT2D eigenvalue weighted by molar-refractivity contribution is 5.76. The lowest BCUT2D eigenvalue weighted by atomic mass is 9.89. The van der Waals surface area contributed by atoms with Crippen molar-refractivity contribution in [3.8, 4) is 0 Å². The molecule has 3 N–H and O–H groups in total. The van der Waals surface area contributed by atoms with Crippen molar-refractivity contribution in [2.75, 3.05) is 18.4 Å². The van der Waals surface area contributed by atoms with Gasteiger partial charge in [0.1, 0.15) is 5.82 Å². The van der Waals surface area contributed by atoms with Gasteiger partial charge in [-0.3, -0.25) is 0 Å². The van der Waals surface area contributed by atoms with E-state index >= 15 is 0 Å². The van der Waals surface area contributed by atoms with Crippen LogP contribution in [0.15, 0.2) is 24.3 Å². The summed E-state index contributed by atoms with van der Waals surface area (Å²) in [7, 11) is 0. The molecule has 1 heterocycles. The van der Waals surface area contributed by atoms with E-state index in [0.29, 0.717) is 6.54 Å². The summed E-state index contributed by atoms with van der Waals surface area (Å²) >= 11 is 0. The van der Waals surface area contributed by atoms with Crippen LogP contribution in [-0.4, -0.2) is 23.1 Å². The van der Waals surface area contributed by atoms with Crippen LogP contribution < -0.4 is 11.1 Å². The fourth-order valence-electron chi connectivity index (χ4n) is 2.06. The van der Waals surface area contributed by atoms with Gasteiger partial charge >= 0.3 is 0 Å². The number of rotatable bonds is 5. The average Bonchev–Trinajstić information content (AvgIpc) is 2.36.